The van der Waals surface area contributed by atoms with Crippen LogP contribution in [0.25, 0.3) is 11.2 Å². The number of amides is 1. The lowest BCUT2D eigenvalue weighted by molar-refractivity contribution is -0.117. The van der Waals surface area contributed by atoms with Gasteiger partial charge in [0.25, 0.3) is 0 Å². The molecule has 1 amide bonds. The number of hydrogen-bond acceptors (Lipinski definition) is 8. The second-order valence-corrected chi connectivity index (χ2v) is 10.6. The molecule has 2 fully saturated rings. The number of hydrogen-bond donors (Lipinski definition) is 1. The van der Waals surface area contributed by atoms with E-state index in [1.165, 1.54) is 19.0 Å². The Kier molecular flexibility index (Phi) is 7.13. The number of nitrogens with zero attached hydrogens (tertiary/aromatic N) is 8. The minimum absolute atomic E-state index is 0.0406. The van der Waals surface area contributed by atoms with Crippen LogP contribution in [0.1, 0.15) is 45.6 Å². The normalized spacial score (nSPS) is 26.3. The quantitative estimate of drug-likeness (QED) is 0.623. The van der Waals surface area contributed by atoms with Gasteiger partial charge in [0.1, 0.15) is 0 Å². The summed E-state index contributed by atoms with van der Waals surface area (Å²) in [6.07, 6.45) is 9.16. The highest BCUT2D eigenvalue weighted by atomic mass is 16.1. The van der Waals surface area contributed by atoms with Crippen molar-refractivity contribution in [1.82, 2.24) is 29.7 Å². The Labute approximate surface area is 212 Å². The third-order valence-electron chi connectivity index (χ3n) is 7.64. The highest BCUT2D eigenvalue weighted by molar-refractivity contribution is 6.31. The third-order valence-corrected chi connectivity index (χ3v) is 7.64. The summed E-state index contributed by atoms with van der Waals surface area (Å²) in [4.78, 5) is 40.5. The van der Waals surface area contributed by atoms with Gasteiger partial charge >= 0.3 is 0 Å². The van der Waals surface area contributed by atoms with E-state index in [2.05, 4.69) is 57.1 Å². The first-order valence-corrected chi connectivity index (χ1v) is 13.1. The minimum atomic E-state index is -0.154. The summed E-state index contributed by atoms with van der Waals surface area (Å²) < 4.78 is 2.07. The Morgan fingerprint density at radius 2 is 2.06 bits per heavy atom. The number of aromatic nitrogens is 4. The number of rotatable bonds is 6. The van der Waals surface area contributed by atoms with Gasteiger partial charge < -0.3 is 19.7 Å². The van der Waals surface area contributed by atoms with Crippen LogP contribution >= 0.6 is 0 Å². The van der Waals surface area contributed by atoms with Gasteiger partial charge in [0.05, 0.1) is 12.0 Å². The van der Waals surface area contributed by atoms with Crippen molar-refractivity contribution in [3.8, 4) is 0 Å². The van der Waals surface area contributed by atoms with Crippen LogP contribution in [0.2, 0.25) is 0 Å². The number of likely N-dealkylation sites (tertiary alicyclic amines) is 1. The van der Waals surface area contributed by atoms with Crippen LogP contribution in [0.15, 0.2) is 29.0 Å². The largest absolute Gasteiger partial charge is 0.348 e. The molecule has 192 valence electrons. The summed E-state index contributed by atoms with van der Waals surface area (Å²) >= 11 is 0. The fourth-order valence-electron chi connectivity index (χ4n) is 5.61. The number of aliphatic imine (C=N–C) groups is 2. The van der Waals surface area contributed by atoms with Crippen LogP contribution in [0.5, 0.6) is 0 Å². The molecule has 0 radical (unpaired) electrons. The second-order valence-electron chi connectivity index (χ2n) is 10.6. The molecule has 10 nitrogen and oxygen atoms in total. The summed E-state index contributed by atoms with van der Waals surface area (Å²) in [5.74, 6) is 2.33. The van der Waals surface area contributed by atoms with Gasteiger partial charge in [-0.05, 0) is 71.0 Å². The number of carbonyl (C=O) groups excluding carboxylic acids is 1. The van der Waals surface area contributed by atoms with Crippen LogP contribution in [0.3, 0.4) is 0 Å². The average molecular weight is 492 g/mol. The van der Waals surface area contributed by atoms with Crippen LogP contribution in [-0.4, -0.2) is 88.1 Å². The highest BCUT2D eigenvalue weighted by Crippen LogP contribution is 2.32. The maximum Gasteiger partial charge on any atom is 0.243 e. The predicted molar refractivity (Wildman–Crippen MR) is 143 cm³/mol. The van der Waals surface area contributed by atoms with Crippen molar-refractivity contribution in [3.63, 3.8) is 0 Å². The fourth-order valence-corrected chi connectivity index (χ4v) is 5.61. The Bertz CT molecular complexity index is 1180. The van der Waals surface area contributed by atoms with E-state index in [0.717, 1.165) is 50.3 Å². The molecule has 3 aliphatic heterocycles. The van der Waals surface area contributed by atoms with Crippen molar-refractivity contribution in [3.05, 3.63) is 19.0 Å². The summed E-state index contributed by atoms with van der Waals surface area (Å²) in [6.45, 7) is 12.4. The lowest BCUT2D eigenvalue weighted by atomic mass is 9.85. The van der Waals surface area contributed by atoms with Crippen molar-refractivity contribution in [1.29, 1.82) is 0 Å². The molecule has 5 rings (SSSR count). The summed E-state index contributed by atoms with van der Waals surface area (Å²) in [6, 6.07) is 0.249. The number of carbonyl (C=O) groups is 1. The summed E-state index contributed by atoms with van der Waals surface area (Å²) in [7, 11) is 2.21. The number of anilines is 1. The third kappa shape index (κ3) is 5.18. The van der Waals surface area contributed by atoms with Gasteiger partial charge in [-0.1, -0.05) is 6.58 Å². The van der Waals surface area contributed by atoms with Gasteiger partial charge in [-0.15, -0.1) is 0 Å². The van der Waals surface area contributed by atoms with Gasteiger partial charge in [-0.2, -0.15) is 9.97 Å². The lowest BCUT2D eigenvalue weighted by Gasteiger charge is -2.21. The molecule has 0 bridgehead atoms. The maximum atomic E-state index is 11.8. The molecule has 2 aromatic heterocycles. The molecule has 10 heteroatoms. The van der Waals surface area contributed by atoms with E-state index in [4.69, 9.17) is 15.0 Å². The Hall–Kier alpha value is -3.14. The van der Waals surface area contributed by atoms with Crippen LogP contribution < -0.4 is 10.2 Å². The van der Waals surface area contributed by atoms with Crippen molar-refractivity contribution >= 4 is 40.8 Å². The molecule has 0 saturated carbocycles. The van der Waals surface area contributed by atoms with Crippen molar-refractivity contribution in [2.75, 3.05) is 44.7 Å². The minimum Gasteiger partial charge on any atom is -0.348 e. The molecule has 0 spiro atoms. The van der Waals surface area contributed by atoms with Crippen molar-refractivity contribution in [2.24, 2.45) is 21.8 Å². The van der Waals surface area contributed by atoms with E-state index in [0.29, 0.717) is 35.7 Å². The van der Waals surface area contributed by atoms with Gasteiger partial charge in [-0.25, -0.2) is 9.98 Å². The first kappa shape index (κ1) is 24.5. The average Bonchev–Trinajstić information content (AvgIpc) is 3.57. The molecule has 5 heterocycles. The molecule has 2 aromatic rings. The molecule has 3 atom stereocenters. The zero-order valence-electron chi connectivity index (χ0n) is 21.6. The van der Waals surface area contributed by atoms with E-state index in [1.807, 2.05) is 12.5 Å². The van der Waals surface area contributed by atoms with Crippen molar-refractivity contribution in [2.45, 2.75) is 51.6 Å². The Morgan fingerprint density at radius 3 is 2.81 bits per heavy atom. The Balaban J connectivity index is 1.47. The lowest BCUT2D eigenvalue weighted by Crippen LogP contribution is -2.36. The molecule has 2 saturated heterocycles. The smallest absolute Gasteiger partial charge is 0.243 e. The van der Waals surface area contributed by atoms with E-state index < -0.39 is 0 Å². The van der Waals surface area contributed by atoms with Crippen molar-refractivity contribution < 1.29 is 4.79 Å². The molecule has 36 heavy (non-hydrogen) atoms. The first-order valence-electron chi connectivity index (χ1n) is 13.1. The van der Waals surface area contributed by atoms with Crippen LogP contribution in [-0.2, 0) is 4.79 Å². The fraction of sp³-hybridized carbons (Fsp3) is 0.615. The first-order chi connectivity index (χ1) is 17.4. The molecule has 0 aliphatic carbocycles. The molecule has 0 aromatic carbocycles. The molecule has 3 aliphatic rings. The zero-order chi connectivity index (χ0) is 25.2. The van der Waals surface area contributed by atoms with Gasteiger partial charge in [0, 0.05) is 44.5 Å². The SMILES string of the molecule is C=CC(=O)NC1CCN(c2nc(N=C3C=NCCC(C4CCN(C)C4)C3)c3ncn(C(C)C)c3n2)C1. The number of nitrogens with one attached hydrogen (secondary N) is 1. The number of imidazole rings is 1. The number of fused-ring (bicyclic) bond motifs is 1. The summed E-state index contributed by atoms with van der Waals surface area (Å²) in [5.41, 5.74) is 2.47. The zero-order valence-corrected chi connectivity index (χ0v) is 21.6. The highest BCUT2D eigenvalue weighted by Gasteiger charge is 2.30. The maximum absolute atomic E-state index is 11.8. The molecular weight excluding hydrogens is 454 g/mol. The van der Waals surface area contributed by atoms with Crippen LogP contribution in [0, 0.1) is 11.8 Å². The van der Waals surface area contributed by atoms with Gasteiger partial charge in [-0.3, -0.25) is 9.79 Å². The van der Waals surface area contributed by atoms with E-state index in [9.17, 15) is 4.79 Å². The Morgan fingerprint density at radius 1 is 1.19 bits per heavy atom. The van der Waals surface area contributed by atoms with Crippen LogP contribution in [0.4, 0.5) is 11.8 Å². The second kappa shape index (κ2) is 10.5. The monoisotopic (exact) mass is 491 g/mol. The van der Waals surface area contributed by atoms with Gasteiger partial charge in [0.2, 0.25) is 11.9 Å². The molecule has 1 N–H and O–H groups in total. The summed E-state index contributed by atoms with van der Waals surface area (Å²) in [5, 5.41) is 2.99. The topological polar surface area (TPSA) is 104 Å². The molecule has 3 unspecified atom stereocenters. The predicted octanol–water partition coefficient (Wildman–Crippen LogP) is 2.79. The van der Waals surface area contributed by atoms with E-state index >= 15 is 0 Å². The van der Waals surface area contributed by atoms with E-state index in [-0.39, 0.29) is 18.0 Å². The standard InChI is InChI=1S/C26H37N9O/c1-5-22(36)29-20-8-11-34(15-20)26-31-24(23-25(32-26)35(16-28-23)17(2)3)30-21-12-18(6-9-27-13-21)19-7-10-33(4)14-19/h5,13,16-20H,1,6-12,14-15H2,2-4H3,(H,29,36). The molecular formula is C26H37N9O. The van der Waals surface area contributed by atoms with Gasteiger partial charge in [0.15, 0.2) is 17.0 Å². The van der Waals surface area contributed by atoms with E-state index in [1.54, 1.807) is 0 Å².